The number of carbonyl (C=O) groups is 1. The van der Waals surface area contributed by atoms with Crippen molar-refractivity contribution < 1.29 is 4.79 Å². The molecule has 7 heteroatoms. The van der Waals surface area contributed by atoms with Crippen molar-refractivity contribution in [3.05, 3.63) is 65.5 Å². The second kappa shape index (κ2) is 7.92. The highest BCUT2D eigenvalue weighted by Crippen LogP contribution is 2.31. The molecule has 3 aliphatic heterocycles. The average molecular weight is 405 g/mol. The van der Waals surface area contributed by atoms with Crippen LogP contribution < -0.4 is 21.3 Å². The lowest BCUT2D eigenvalue weighted by atomic mass is 9.91. The second-order valence-electron chi connectivity index (χ2n) is 8.49. The maximum Gasteiger partial charge on any atom is 0.243 e. The molecule has 1 aromatic carbocycles. The predicted octanol–water partition coefficient (Wildman–Crippen LogP) is 1.94. The third-order valence-corrected chi connectivity index (χ3v) is 6.44. The molecule has 1 aromatic heterocycles. The molecule has 3 N–H and O–H groups in total. The number of amides is 1. The number of benzene rings is 1. The van der Waals surface area contributed by atoms with Crippen LogP contribution in [0.1, 0.15) is 35.6 Å². The highest BCUT2D eigenvalue weighted by molar-refractivity contribution is 5.94. The number of aryl methyl sites for hydroxylation is 1. The van der Waals surface area contributed by atoms with Gasteiger partial charge in [0.05, 0.1) is 24.0 Å². The number of aromatic nitrogens is 1. The van der Waals surface area contributed by atoms with Crippen molar-refractivity contribution in [2.24, 2.45) is 0 Å². The number of rotatable bonds is 3. The van der Waals surface area contributed by atoms with Crippen LogP contribution in [-0.2, 0) is 4.79 Å². The Morgan fingerprint density at radius 3 is 2.70 bits per heavy atom. The molecule has 5 rings (SSSR count). The summed E-state index contributed by atoms with van der Waals surface area (Å²) in [7, 11) is 2.16. The van der Waals surface area contributed by atoms with Gasteiger partial charge in [-0.25, -0.2) is 15.9 Å². The Bertz CT molecular complexity index is 972. The Morgan fingerprint density at radius 1 is 1.13 bits per heavy atom. The first-order valence-corrected chi connectivity index (χ1v) is 10.6. The van der Waals surface area contributed by atoms with Crippen LogP contribution in [-0.4, -0.2) is 48.0 Å². The van der Waals surface area contributed by atoms with Gasteiger partial charge in [0, 0.05) is 31.7 Å². The van der Waals surface area contributed by atoms with Crippen LogP contribution in [0.2, 0.25) is 0 Å². The fraction of sp³-hybridized carbons (Fsp3) is 0.391. The molecule has 0 aliphatic carbocycles. The molecule has 2 aromatic rings. The number of hydrogen-bond acceptors (Lipinski definition) is 6. The Balaban J connectivity index is 1.36. The Hall–Kier alpha value is -2.58. The highest BCUT2D eigenvalue weighted by atomic mass is 16.2. The topological polar surface area (TPSA) is 72.5 Å². The van der Waals surface area contributed by atoms with Gasteiger partial charge in [0.15, 0.2) is 0 Å². The predicted molar refractivity (Wildman–Crippen MR) is 117 cm³/mol. The number of carbonyl (C=O) groups excluding carboxylic acids is 1. The minimum Gasteiger partial charge on any atom is -0.302 e. The molecule has 30 heavy (non-hydrogen) atoms. The third-order valence-electron chi connectivity index (χ3n) is 6.44. The van der Waals surface area contributed by atoms with E-state index in [1.807, 2.05) is 13.0 Å². The molecule has 0 bridgehead atoms. The van der Waals surface area contributed by atoms with Gasteiger partial charge in [-0.05, 0) is 48.7 Å². The first kappa shape index (κ1) is 19.4. The maximum atomic E-state index is 12.7. The van der Waals surface area contributed by atoms with Gasteiger partial charge in [0.25, 0.3) is 0 Å². The molecule has 3 atom stereocenters. The molecular formula is C23H28N6O. The summed E-state index contributed by atoms with van der Waals surface area (Å²) < 4.78 is 0. The van der Waals surface area contributed by atoms with Crippen LogP contribution in [0.25, 0.3) is 5.57 Å². The van der Waals surface area contributed by atoms with E-state index in [9.17, 15) is 4.79 Å². The molecular weight excluding hydrogens is 376 g/mol. The summed E-state index contributed by atoms with van der Waals surface area (Å²) >= 11 is 0. The SMILES string of the molecule is Cc1ccncc1N1NC2C(CC1=O)NNC2c1ccc(C2=CCN(C)CC2)cc1. The maximum absolute atomic E-state index is 12.7. The number of fused-ring (bicyclic) bond motifs is 1. The number of nitrogens with zero attached hydrogens (tertiary/aromatic N) is 3. The van der Waals surface area contributed by atoms with E-state index >= 15 is 0 Å². The van der Waals surface area contributed by atoms with Gasteiger partial charge >= 0.3 is 0 Å². The standard InChI is InChI=1S/C23H28N6O/c1-15-7-10-24-14-20(15)29-21(30)13-19-23(27-29)22(26-25-19)18-5-3-16(4-6-18)17-8-11-28(2)12-9-17/h3-8,10,14,19,22-23,25-27H,9,11-13H2,1-2H3. The number of hydrazine groups is 2. The van der Waals surface area contributed by atoms with Crippen LogP contribution in [0.3, 0.4) is 0 Å². The minimum atomic E-state index is 0.0480. The van der Waals surface area contributed by atoms with E-state index in [-0.39, 0.29) is 24.0 Å². The van der Waals surface area contributed by atoms with E-state index in [4.69, 9.17) is 0 Å². The van der Waals surface area contributed by atoms with Gasteiger partial charge in [-0.1, -0.05) is 30.3 Å². The minimum absolute atomic E-state index is 0.0480. The molecule has 156 valence electrons. The van der Waals surface area contributed by atoms with E-state index in [0.29, 0.717) is 6.42 Å². The molecule has 0 spiro atoms. The molecule has 4 heterocycles. The Labute approximate surface area is 177 Å². The number of nitrogens with one attached hydrogen (secondary N) is 3. The molecule has 7 nitrogen and oxygen atoms in total. The summed E-state index contributed by atoms with van der Waals surface area (Å²) in [5.41, 5.74) is 15.9. The lowest BCUT2D eigenvalue weighted by Crippen LogP contribution is -2.60. The zero-order valence-corrected chi connectivity index (χ0v) is 17.4. The van der Waals surface area contributed by atoms with Gasteiger partial charge < -0.3 is 4.90 Å². The number of pyridine rings is 1. The molecule has 0 radical (unpaired) electrons. The van der Waals surface area contributed by atoms with Gasteiger partial charge in [-0.3, -0.25) is 15.2 Å². The van der Waals surface area contributed by atoms with Crippen molar-refractivity contribution >= 4 is 17.2 Å². The van der Waals surface area contributed by atoms with E-state index in [2.05, 4.69) is 63.6 Å². The molecule has 0 saturated carbocycles. The van der Waals surface area contributed by atoms with E-state index in [1.165, 1.54) is 16.7 Å². The average Bonchev–Trinajstić information content (AvgIpc) is 3.17. The quantitative estimate of drug-likeness (QED) is 0.726. The van der Waals surface area contributed by atoms with Gasteiger partial charge in [-0.2, -0.15) is 0 Å². The normalized spacial score (nSPS) is 27.1. The molecule has 3 aliphatic rings. The van der Waals surface area contributed by atoms with E-state index < -0.39 is 0 Å². The summed E-state index contributed by atoms with van der Waals surface area (Å²) in [4.78, 5) is 19.3. The highest BCUT2D eigenvalue weighted by Gasteiger charge is 2.44. The van der Waals surface area contributed by atoms with Crippen LogP contribution in [0.5, 0.6) is 0 Å². The first-order chi connectivity index (χ1) is 14.6. The zero-order chi connectivity index (χ0) is 20.7. The summed E-state index contributed by atoms with van der Waals surface area (Å²) in [5, 5.41) is 1.67. The summed E-state index contributed by atoms with van der Waals surface area (Å²) in [6.45, 7) is 4.11. The summed E-state index contributed by atoms with van der Waals surface area (Å²) in [5.74, 6) is 0.0480. The Kier molecular flexibility index (Phi) is 5.12. The monoisotopic (exact) mass is 404 g/mol. The number of hydrogen-bond donors (Lipinski definition) is 3. The summed E-state index contributed by atoms with van der Waals surface area (Å²) in [6, 6.07) is 11.0. The smallest absolute Gasteiger partial charge is 0.243 e. The lowest BCUT2D eigenvalue weighted by molar-refractivity contribution is -0.121. The van der Waals surface area contributed by atoms with Gasteiger partial charge in [-0.15, -0.1) is 0 Å². The first-order valence-electron chi connectivity index (χ1n) is 10.6. The third kappa shape index (κ3) is 3.54. The summed E-state index contributed by atoms with van der Waals surface area (Å²) in [6.07, 6.45) is 7.35. The van der Waals surface area contributed by atoms with Crippen LogP contribution in [0.4, 0.5) is 5.69 Å². The van der Waals surface area contributed by atoms with Crippen LogP contribution in [0.15, 0.2) is 48.8 Å². The van der Waals surface area contributed by atoms with Crippen LogP contribution >= 0.6 is 0 Å². The fourth-order valence-corrected chi connectivity index (χ4v) is 4.57. The van der Waals surface area contributed by atoms with Crippen molar-refractivity contribution in [3.8, 4) is 0 Å². The van der Waals surface area contributed by atoms with E-state index in [0.717, 1.165) is 30.8 Å². The zero-order valence-electron chi connectivity index (χ0n) is 17.4. The van der Waals surface area contributed by atoms with Crippen molar-refractivity contribution in [2.75, 3.05) is 25.1 Å². The van der Waals surface area contributed by atoms with Crippen LogP contribution in [0, 0.1) is 6.92 Å². The van der Waals surface area contributed by atoms with Crippen molar-refractivity contribution in [2.45, 2.75) is 37.9 Å². The van der Waals surface area contributed by atoms with E-state index in [1.54, 1.807) is 17.4 Å². The number of anilines is 1. The number of likely N-dealkylation sites (N-methyl/N-ethyl adjacent to an activating group) is 1. The molecule has 3 unspecified atom stereocenters. The van der Waals surface area contributed by atoms with Crippen molar-refractivity contribution in [1.82, 2.24) is 26.2 Å². The fourth-order valence-electron chi connectivity index (χ4n) is 4.57. The largest absolute Gasteiger partial charge is 0.302 e. The lowest BCUT2D eigenvalue weighted by Gasteiger charge is -2.37. The van der Waals surface area contributed by atoms with Gasteiger partial charge in [0.1, 0.15) is 0 Å². The second-order valence-corrected chi connectivity index (χ2v) is 8.49. The van der Waals surface area contributed by atoms with Crippen molar-refractivity contribution in [1.29, 1.82) is 0 Å². The Morgan fingerprint density at radius 2 is 1.97 bits per heavy atom. The molecule has 2 saturated heterocycles. The molecule has 2 fully saturated rings. The molecule has 1 amide bonds. The van der Waals surface area contributed by atoms with Crippen molar-refractivity contribution in [3.63, 3.8) is 0 Å². The van der Waals surface area contributed by atoms with Gasteiger partial charge in [0.2, 0.25) is 5.91 Å².